The first kappa shape index (κ1) is 32.2. The van der Waals surface area contributed by atoms with Crippen molar-refractivity contribution in [1.82, 2.24) is 14.9 Å². The Morgan fingerprint density at radius 2 is 1.77 bits per heavy atom. The van der Waals surface area contributed by atoms with Crippen molar-refractivity contribution in [1.29, 1.82) is 0 Å². The van der Waals surface area contributed by atoms with E-state index < -0.39 is 34.5 Å². The number of aldehydes is 1. The zero-order chi connectivity index (χ0) is 31.9. The van der Waals surface area contributed by atoms with Crippen LogP contribution >= 0.6 is 0 Å². The highest BCUT2D eigenvalue weighted by Crippen LogP contribution is 2.44. The molecule has 9 heteroatoms. The van der Waals surface area contributed by atoms with Gasteiger partial charge in [-0.2, -0.15) is 0 Å². The summed E-state index contributed by atoms with van der Waals surface area (Å²) < 4.78 is 18.3. The van der Waals surface area contributed by atoms with Gasteiger partial charge in [0.2, 0.25) is 11.8 Å². The molecule has 1 aromatic carbocycles. The molecule has 2 aliphatic heterocycles. The van der Waals surface area contributed by atoms with Gasteiger partial charge in [-0.25, -0.2) is 9.97 Å². The number of carbonyl (C=O) groups excluding carboxylic acids is 3. The molecule has 2 fully saturated rings. The van der Waals surface area contributed by atoms with Crippen LogP contribution in [0.1, 0.15) is 98.6 Å². The fourth-order valence-electron chi connectivity index (χ4n) is 7.44. The molecule has 1 amide bonds. The van der Waals surface area contributed by atoms with Crippen molar-refractivity contribution in [3.8, 4) is 11.6 Å². The first-order chi connectivity index (χ1) is 20.8. The van der Waals surface area contributed by atoms with Crippen molar-refractivity contribution in [3.63, 3.8) is 0 Å². The summed E-state index contributed by atoms with van der Waals surface area (Å²) in [5.41, 5.74) is 0.439. The summed E-state index contributed by atoms with van der Waals surface area (Å²) in [7, 11) is 1.62. The quantitative estimate of drug-likeness (QED) is 0.298. The highest BCUT2D eigenvalue weighted by atomic mass is 16.6. The molecule has 1 saturated heterocycles. The van der Waals surface area contributed by atoms with Gasteiger partial charge in [0.05, 0.1) is 43.1 Å². The van der Waals surface area contributed by atoms with Gasteiger partial charge in [-0.05, 0) is 68.9 Å². The molecule has 2 bridgehead atoms. The van der Waals surface area contributed by atoms with E-state index in [9.17, 15) is 14.4 Å². The average molecular weight is 608 g/mol. The topological polar surface area (TPSA) is 108 Å². The number of fused-ring (bicyclic) bond motifs is 5. The van der Waals surface area contributed by atoms with Gasteiger partial charge < -0.3 is 23.9 Å². The lowest BCUT2D eigenvalue weighted by atomic mass is 9.77. The molecule has 44 heavy (non-hydrogen) atoms. The van der Waals surface area contributed by atoms with Crippen LogP contribution in [0.2, 0.25) is 0 Å². The van der Waals surface area contributed by atoms with Crippen molar-refractivity contribution in [2.45, 2.75) is 117 Å². The maximum atomic E-state index is 14.3. The minimum atomic E-state index is -0.725. The molecule has 1 aromatic heterocycles. The number of aryl methyl sites for hydroxylation is 1. The lowest BCUT2D eigenvalue weighted by Crippen LogP contribution is -2.48. The van der Waals surface area contributed by atoms with E-state index in [1.54, 1.807) is 12.0 Å². The Labute approximate surface area is 261 Å². The number of aromatic nitrogens is 2. The predicted molar refractivity (Wildman–Crippen MR) is 167 cm³/mol. The largest absolute Gasteiger partial charge is 0.497 e. The van der Waals surface area contributed by atoms with E-state index in [0.29, 0.717) is 29.5 Å². The standard InChI is InChI=1S/C35H49N3O6/c1-33(2,3)24-19-30(40)44-35(6)17-11-13-22(35)12-9-8-10-14-26-31(37-27-18-23(42-7)15-16-25(27)36-26)43-29-20-38(32(24)41)28(21-39)34(29,4)5/h15-16,18,21-22,24,28-29H,8-14,17,19-20H2,1-7H3/t22-,24-,28-,29+,35-/m1/s1. The molecular formula is C35H49N3O6. The van der Waals surface area contributed by atoms with E-state index in [2.05, 4.69) is 6.92 Å². The minimum absolute atomic E-state index is 0.0270. The van der Waals surface area contributed by atoms with Gasteiger partial charge in [0.15, 0.2) is 0 Å². The van der Waals surface area contributed by atoms with Crippen molar-refractivity contribution >= 4 is 29.2 Å². The summed E-state index contributed by atoms with van der Waals surface area (Å²) in [6, 6.07) is 4.90. The van der Waals surface area contributed by atoms with Crippen LogP contribution < -0.4 is 9.47 Å². The van der Waals surface area contributed by atoms with Gasteiger partial charge in [-0.1, -0.05) is 47.5 Å². The summed E-state index contributed by atoms with van der Waals surface area (Å²) in [4.78, 5) is 51.9. The van der Waals surface area contributed by atoms with Crippen molar-refractivity contribution in [2.24, 2.45) is 22.7 Å². The van der Waals surface area contributed by atoms with Crippen LogP contribution in [-0.4, -0.2) is 64.4 Å². The van der Waals surface area contributed by atoms with E-state index in [-0.39, 0.29) is 24.8 Å². The number of hydrogen-bond donors (Lipinski definition) is 0. The zero-order valence-corrected chi connectivity index (χ0v) is 27.5. The molecule has 3 heterocycles. The molecule has 5 atom stereocenters. The SMILES string of the molecule is COc1ccc2nc3c(nc2c1)O[C@H]1CN(C(=O)[C@H](C(C)(C)C)CC(=O)O[C@]2(C)CCC[C@H]2CCCCC3)[C@H](C=O)C1(C)C. The van der Waals surface area contributed by atoms with Crippen molar-refractivity contribution in [2.75, 3.05) is 13.7 Å². The van der Waals surface area contributed by atoms with Crippen LogP contribution in [0.25, 0.3) is 11.0 Å². The molecular weight excluding hydrogens is 558 g/mol. The molecule has 9 nitrogen and oxygen atoms in total. The van der Waals surface area contributed by atoms with Crippen LogP contribution in [0.3, 0.4) is 0 Å². The van der Waals surface area contributed by atoms with Crippen LogP contribution in [0.4, 0.5) is 0 Å². The Kier molecular flexibility index (Phi) is 8.98. The predicted octanol–water partition coefficient (Wildman–Crippen LogP) is 6.09. The Morgan fingerprint density at radius 1 is 1.02 bits per heavy atom. The molecule has 2 aromatic rings. The van der Waals surface area contributed by atoms with Gasteiger partial charge in [0.1, 0.15) is 29.4 Å². The van der Waals surface area contributed by atoms with E-state index in [1.165, 1.54) is 0 Å². The number of benzene rings is 1. The third-order valence-corrected chi connectivity index (χ3v) is 10.5. The second-order valence-electron chi connectivity index (χ2n) is 14.9. The van der Waals surface area contributed by atoms with Gasteiger partial charge in [0.25, 0.3) is 0 Å². The zero-order valence-electron chi connectivity index (χ0n) is 27.5. The fraction of sp³-hybridized carbons (Fsp3) is 0.686. The molecule has 0 unspecified atom stereocenters. The lowest BCUT2D eigenvalue weighted by Gasteiger charge is -2.37. The van der Waals surface area contributed by atoms with E-state index >= 15 is 0 Å². The fourth-order valence-corrected chi connectivity index (χ4v) is 7.44. The number of amides is 1. The number of rotatable bonds is 2. The molecule has 1 aliphatic carbocycles. The first-order valence-electron chi connectivity index (χ1n) is 16.3. The summed E-state index contributed by atoms with van der Waals surface area (Å²) in [6.45, 7) is 12.1. The van der Waals surface area contributed by atoms with E-state index in [1.807, 2.05) is 52.8 Å². The molecule has 5 rings (SSSR count). The highest BCUT2D eigenvalue weighted by Gasteiger charge is 2.54. The Morgan fingerprint density at radius 3 is 2.48 bits per heavy atom. The summed E-state index contributed by atoms with van der Waals surface area (Å²) in [6.07, 6.45) is 7.84. The van der Waals surface area contributed by atoms with Crippen LogP contribution in [0.15, 0.2) is 18.2 Å². The van der Waals surface area contributed by atoms with Gasteiger partial charge in [-0.15, -0.1) is 0 Å². The summed E-state index contributed by atoms with van der Waals surface area (Å²) in [5, 5.41) is 0. The number of ether oxygens (including phenoxy) is 3. The molecule has 0 N–H and O–H groups in total. The Bertz CT molecular complexity index is 1400. The molecule has 0 radical (unpaired) electrons. The second kappa shape index (κ2) is 12.3. The van der Waals surface area contributed by atoms with Crippen LogP contribution in [-0.2, 0) is 25.5 Å². The van der Waals surface area contributed by atoms with Crippen molar-refractivity contribution < 1.29 is 28.6 Å². The molecule has 3 aliphatic rings. The van der Waals surface area contributed by atoms with Crippen molar-refractivity contribution in [3.05, 3.63) is 23.9 Å². The normalized spacial score (nSPS) is 30.0. The molecule has 0 spiro atoms. The number of hydrogen-bond acceptors (Lipinski definition) is 8. The number of carbonyl (C=O) groups is 3. The number of esters is 1. The number of methoxy groups -OCH3 is 1. The maximum absolute atomic E-state index is 14.3. The van der Waals surface area contributed by atoms with Crippen LogP contribution in [0, 0.1) is 22.7 Å². The third-order valence-electron chi connectivity index (χ3n) is 10.5. The number of nitrogens with zero attached hydrogens (tertiary/aromatic N) is 3. The smallest absolute Gasteiger partial charge is 0.307 e. The summed E-state index contributed by atoms with van der Waals surface area (Å²) in [5.74, 6) is 0.185. The van der Waals surface area contributed by atoms with Crippen LogP contribution in [0.5, 0.6) is 11.6 Å². The van der Waals surface area contributed by atoms with Gasteiger partial charge in [-0.3, -0.25) is 9.59 Å². The third kappa shape index (κ3) is 6.29. The second-order valence-corrected chi connectivity index (χ2v) is 14.9. The molecule has 1 saturated carbocycles. The minimum Gasteiger partial charge on any atom is -0.497 e. The maximum Gasteiger partial charge on any atom is 0.307 e. The lowest BCUT2D eigenvalue weighted by molar-refractivity contribution is -0.167. The average Bonchev–Trinajstić information content (AvgIpc) is 3.44. The van der Waals surface area contributed by atoms with E-state index in [0.717, 1.165) is 62.4 Å². The Hall–Kier alpha value is -3.23. The van der Waals surface area contributed by atoms with Gasteiger partial charge in [0, 0.05) is 11.5 Å². The van der Waals surface area contributed by atoms with E-state index in [4.69, 9.17) is 24.2 Å². The Balaban J connectivity index is 1.55. The highest BCUT2D eigenvalue weighted by molar-refractivity contribution is 5.87. The summed E-state index contributed by atoms with van der Waals surface area (Å²) >= 11 is 0. The monoisotopic (exact) mass is 607 g/mol. The van der Waals surface area contributed by atoms with Gasteiger partial charge >= 0.3 is 5.97 Å². The first-order valence-corrected chi connectivity index (χ1v) is 16.3. The molecule has 240 valence electrons.